The molecular formula is C18H22N4O3S. The number of carbonyl (C=O) groups is 2. The molecule has 1 atom stereocenters. The molecule has 0 aliphatic carbocycles. The van der Waals surface area contributed by atoms with E-state index in [9.17, 15) is 9.59 Å². The zero-order valence-corrected chi connectivity index (χ0v) is 15.9. The zero-order chi connectivity index (χ0) is 18.7. The Hall–Kier alpha value is -2.48. The van der Waals surface area contributed by atoms with Crippen molar-refractivity contribution >= 4 is 34.0 Å². The number of anilines is 2. The van der Waals surface area contributed by atoms with Gasteiger partial charge in [-0.05, 0) is 31.0 Å². The van der Waals surface area contributed by atoms with E-state index in [4.69, 9.17) is 4.74 Å². The number of hydrogen-bond acceptors (Lipinski definition) is 6. The van der Waals surface area contributed by atoms with Crippen LogP contribution in [0.2, 0.25) is 0 Å². The summed E-state index contributed by atoms with van der Waals surface area (Å²) >= 11 is 1.38. The molecule has 2 amide bonds. The van der Waals surface area contributed by atoms with Crippen molar-refractivity contribution < 1.29 is 14.3 Å². The number of ether oxygens (including phenoxy) is 1. The summed E-state index contributed by atoms with van der Waals surface area (Å²) in [5, 5.41) is 12.2. The van der Waals surface area contributed by atoms with Crippen molar-refractivity contribution in [2.24, 2.45) is 5.92 Å². The molecule has 1 aromatic carbocycles. The molecule has 0 saturated carbocycles. The van der Waals surface area contributed by atoms with Crippen molar-refractivity contribution in [3.63, 3.8) is 0 Å². The minimum Gasteiger partial charge on any atom is -0.495 e. The first-order chi connectivity index (χ1) is 12.5. The molecule has 3 rings (SSSR count). The highest BCUT2D eigenvalue weighted by atomic mass is 32.1. The summed E-state index contributed by atoms with van der Waals surface area (Å²) in [6.07, 6.45) is 1.99. The number of rotatable bonds is 6. The fourth-order valence-corrected chi connectivity index (χ4v) is 3.80. The second-order valence-corrected chi connectivity index (χ2v) is 7.38. The Bertz CT molecular complexity index is 821. The van der Waals surface area contributed by atoms with Crippen LogP contribution >= 0.6 is 11.3 Å². The highest BCUT2D eigenvalue weighted by Crippen LogP contribution is 2.34. The number of amides is 2. The van der Waals surface area contributed by atoms with Crippen LogP contribution < -0.4 is 15.0 Å². The van der Waals surface area contributed by atoms with E-state index < -0.39 is 5.92 Å². The lowest BCUT2D eigenvalue weighted by Crippen LogP contribution is -2.28. The van der Waals surface area contributed by atoms with E-state index in [1.165, 1.54) is 11.3 Å². The highest BCUT2D eigenvalue weighted by Gasteiger charge is 2.36. The third-order valence-corrected chi connectivity index (χ3v) is 5.18. The van der Waals surface area contributed by atoms with Crippen LogP contribution in [0.15, 0.2) is 18.2 Å². The minimum absolute atomic E-state index is 0.0852. The van der Waals surface area contributed by atoms with E-state index in [-0.39, 0.29) is 18.2 Å². The SMILES string of the molecule is CCCc1nnc(NC(=O)C2CC(=O)N(c3cc(C)ccc3OC)C2)s1. The number of hydrogen-bond donors (Lipinski definition) is 1. The average molecular weight is 374 g/mol. The van der Waals surface area contributed by atoms with E-state index in [1.807, 2.05) is 25.1 Å². The maximum atomic E-state index is 12.5. The summed E-state index contributed by atoms with van der Waals surface area (Å²) in [7, 11) is 1.57. The van der Waals surface area contributed by atoms with Crippen LogP contribution in [0.3, 0.4) is 0 Å². The Morgan fingerprint density at radius 3 is 2.96 bits per heavy atom. The number of aryl methyl sites for hydroxylation is 2. The summed E-state index contributed by atoms with van der Waals surface area (Å²) in [5.74, 6) is -0.0887. The Morgan fingerprint density at radius 2 is 2.23 bits per heavy atom. The minimum atomic E-state index is -0.425. The first kappa shape index (κ1) is 18.3. The van der Waals surface area contributed by atoms with Crippen molar-refractivity contribution in [2.45, 2.75) is 33.1 Å². The number of carbonyl (C=O) groups excluding carboxylic acids is 2. The van der Waals surface area contributed by atoms with E-state index in [1.54, 1.807) is 12.0 Å². The van der Waals surface area contributed by atoms with Gasteiger partial charge in [0.15, 0.2) is 0 Å². The second kappa shape index (κ2) is 7.82. The summed E-state index contributed by atoms with van der Waals surface area (Å²) in [6, 6.07) is 5.66. The van der Waals surface area contributed by atoms with Gasteiger partial charge in [0.2, 0.25) is 16.9 Å². The highest BCUT2D eigenvalue weighted by molar-refractivity contribution is 7.15. The molecule has 0 radical (unpaired) electrons. The molecule has 1 fully saturated rings. The van der Waals surface area contributed by atoms with Crippen LogP contribution in [0, 0.1) is 12.8 Å². The largest absolute Gasteiger partial charge is 0.495 e. The van der Waals surface area contributed by atoms with Crippen molar-refractivity contribution in [1.29, 1.82) is 0 Å². The average Bonchev–Trinajstić information content (AvgIpc) is 3.21. The molecule has 0 spiro atoms. The van der Waals surface area contributed by atoms with Crippen molar-refractivity contribution in [3.05, 3.63) is 28.8 Å². The number of aromatic nitrogens is 2. The fraction of sp³-hybridized carbons (Fsp3) is 0.444. The Kier molecular flexibility index (Phi) is 5.51. The smallest absolute Gasteiger partial charge is 0.231 e. The van der Waals surface area contributed by atoms with Gasteiger partial charge < -0.3 is 15.0 Å². The molecule has 2 heterocycles. The van der Waals surface area contributed by atoms with Gasteiger partial charge in [0.1, 0.15) is 10.8 Å². The summed E-state index contributed by atoms with van der Waals surface area (Å²) in [5.41, 5.74) is 1.73. The quantitative estimate of drug-likeness (QED) is 0.840. The van der Waals surface area contributed by atoms with Crippen molar-refractivity contribution in [3.8, 4) is 5.75 Å². The summed E-state index contributed by atoms with van der Waals surface area (Å²) in [6.45, 7) is 4.35. The van der Waals surface area contributed by atoms with Crippen LogP contribution in [-0.2, 0) is 16.0 Å². The van der Waals surface area contributed by atoms with Gasteiger partial charge in [0.25, 0.3) is 0 Å². The first-order valence-electron chi connectivity index (χ1n) is 8.60. The zero-order valence-electron chi connectivity index (χ0n) is 15.1. The molecule has 1 aliphatic rings. The van der Waals surface area contributed by atoms with Crippen LogP contribution in [0.25, 0.3) is 0 Å². The predicted molar refractivity (Wildman–Crippen MR) is 101 cm³/mol. The second-order valence-electron chi connectivity index (χ2n) is 6.32. The maximum Gasteiger partial charge on any atom is 0.231 e. The van der Waals surface area contributed by atoms with Crippen LogP contribution in [-0.4, -0.2) is 35.7 Å². The monoisotopic (exact) mass is 374 g/mol. The third-order valence-electron chi connectivity index (χ3n) is 4.28. The van der Waals surface area contributed by atoms with Gasteiger partial charge >= 0.3 is 0 Å². The van der Waals surface area contributed by atoms with E-state index >= 15 is 0 Å². The number of nitrogens with one attached hydrogen (secondary N) is 1. The van der Waals surface area contributed by atoms with Gasteiger partial charge in [0, 0.05) is 19.4 Å². The maximum absolute atomic E-state index is 12.5. The number of nitrogens with zero attached hydrogens (tertiary/aromatic N) is 3. The molecule has 1 saturated heterocycles. The molecule has 138 valence electrons. The lowest BCUT2D eigenvalue weighted by atomic mass is 10.1. The molecule has 1 N–H and O–H groups in total. The van der Waals surface area contributed by atoms with Crippen molar-refractivity contribution in [2.75, 3.05) is 23.9 Å². The molecule has 1 aromatic heterocycles. The molecule has 8 heteroatoms. The fourth-order valence-electron chi connectivity index (χ4n) is 2.95. The van der Waals surface area contributed by atoms with Gasteiger partial charge in [-0.1, -0.05) is 24.3 Å². The molecule has 0 bridgehead atoms. The molecule has 7 nitrogen and oxygen atoms in total. The molecular weight excluding hydrogens is 352 g/mol. The number of benzene rings is 1. The van der Waals surface area contributed by atoms with Gasteiger partial charge in [-0.3, -0.25) is 9.59 Å². The molecule has 26 heavy (non-hydrogen) atoms. The topological polar surface area (TPSA) is 84.4 Å². The van der Waals surface area contributed by atoms with E-state index in [2.05, 4.69) is 22.4 Å². The Labute approximate surface area is 156 Å². The number of methoxy groups -OCH3 is 1. The van der Waals surface area contributed by atoms with E-state index in [0.29, 0.717) is 23.1 Å². The van der Waals surface area contributed by atoms with Crippen LogP contribution in [0.4, 0.5) is 10.8 Å². The van der Waals surface area contributed by atoms with Crippen LogP contribution in [0.1, 0.15) is 30.3 Å². The Morgan fingerprint density at radius 1 is 1.42 bits per heavy atom. The lowest BCUT2D eigenvalue weighted by molar-refractivity contribution is -0.122. The Balaban J connectivity index is 1.71. The van der Waals surface area contributed by atoms with Gasteiger partial charge in [-0.25, -0.2) is 0 Å². The molecule has 1 unspecified atom stereocenters. The summed E-state index contributed by atoms with van der Waals surface area (Å²) < 4.78 is 5.37. The molecule has 2 aromatic rings. The first-order valence-corrected chi connectivity index (χ1v) is 9.41. The van der Waals surface area contributed by atoms with E-state index in [0.717, 1.165) is 23.4 Å². The normalized spacial score (nSPS) is 16.8. The molecule has 1 aliphatic heterocycles. The lowest BCUT2D eigenvalue weighted by Gasteiger charge is -2.20. The van der Waals surface area contributed by atoms with Gasteiger partial charge in [-0.15, -0.1) is 10.2 Å². The van der Waals surface area contributed by atoms with Gasteiger partial charge in [0.05, 0.1) is 18.7 Å². The predicted octanol–water partition coefficient (Wildman–Crippen LogP) is 2.80. The standard InChI is InChI=1S/C18H22N4O3S/c1-4-5-15-20-21-18(26-15)19-17(24)12-9-16(23)22(10-12)13-8-11(2)6-7-14(13)25-3/h6-8,12H,4-5,9-10H2,1-3H3,(H,19,21,24). The third kappa shape index (κ3) is 3.85. The van der Waals surface area contributed by atoms with Gasteiger partial charge in [-0.2, -0.15) is 0 Å². The van der Waals surface area contributed by atoms with Crippen molar-refractivity contribution in [1.82, 2.24) is 10.2 Å². The van der Waals surface area contributed by atoms with Crippen LogP contribution in [0.5, 0.6) is 5.75 Å². The summed E-state index contributed by atoms with van der Waals surface area (Å²) in [4.78, 5) is 26.6.